The zero-order valence-corrected chi connectivity index (χ0v) is 24.1. The summed E-state index contributed by atoms with van der Waals surface area (Å²) in [6, 6.07) is 0. The number of aliphatic carboxylic acids is 3. The molecule has 0 aliphatic rings. The average molecular weight is 543 g/mol. The van der Waals surface area contributed by atoms with Crippen LogP contribution < -0.4 is 0 Å². The molecule has 0 saturated heterocycles. The summed E-state index contributed by atoms with van der Waals surface area (Å²) in [7, 11) is 0. The van der Waals surface area contributed by atoms with Crippen molar-refractivity contribution in [3.8, 4) is 0 Å². The predicted molar refractivity (Wildman–Crippen MR) is 148 cm³/mol. The van der Waals surface area contributed by atoms with E-state index in [4.69, 9.17) is 0 Å². The molecule has 0 spiro atoms. The fraction of sp³-hybridized carbons (Fsp3) is 0.867. The van der Waals surface area contributed by atoms with E-state index < -0.39 is 47.5 Å². The minimum Gasteiger partial charge on any atom is -0.481 e. The number of Topliss-reactive ketones (excluding diaryl/α,β-unsaturated/α-hetero) is 1. The van der Waals surface area contributed by atoms with Gasteiger partial charge in [0.15, 0.2) is 16.8 Å². The fourth-order valence-electron chi connectivity index (χ4n) is 5.24. The van der Waals surface area contributed by atoms with Crippen LogP contribution in [0.5, 0.6) is 0 Å². The van der Waals surface area contributed by atoms with Crippen molar-refractivity contribution in [2.24, 2.45) is 11.3 Å². The Labute approximate surface area is 229 Å². The van der Waals surface area contributed by atoms with Gasteiger partial charge in [-0.1, -0.05) is 124 Å². The summed E-state index contributed by atoms with van der Waals surface area (Å²) >= 11 is 0. The molecule has 0 heterocycles. The van der Waals surface area contributed by atoms with E-state index >= 15 is 0 Å². The maximum atomic E-state index is 13.2. The molecular formula is C30H54O8. The van der Waals surface area contributed by atoms with Gasteiger partial charge in [-0.3, -0.25) is 14.4 Å². The Morgan fingerprint density at radius 1 is 0.632 bits per heavy atom. The van der Waals surface area contributed by atoms with Crippen LogP contribution in [0.2, 0.25) is 0 Å². The van der Waals surface area contributed by atoms with E-state index in [1.165, 1.54) is 38.5 Å². The standard InChI is InChI=1S/C30H54O8/c1-4-5-6-14-18-21-25(31)29(27(34)35,30(38,28(36)37)23-26(32)33)22-19-16-13-11-9-7-8-10-12-15-17-20-24(2)3/h24,38H,4-23H2,1-3H3,(H,32,33)(H,34,35)(H,36,37). The number of carboxylic acids is 3. The molecule has 8 heteroatoms. The smallest absolute Gasteiger partial charge is 0.338 e. The average Bonchev–Trinajstić information content (AvgIpc) is 2.83. The molecule has 0 aromatic heterocycles. The Morgan fingerprint density at radius 3 is 1.50 bits per heavy atom. The molecule has 0 fully saturated rings. The number of carboxylic acid groups (broad SMARTS) is 3. The highest BCUT2D eigenvalue weighted by Gasteiger charge is 2.65. The van der Waals surface area contributed by atoms with Crippen molar-refractivity contribution in [1.82, 2.24) is 0 Å². The fourth-order valence-corrected chi connectivity index (χ4v) is 5.24. The molecule has 0 bridgehead atoms. The quantitative estimate of drug-likeness (QED) is 0.0673. The Hall–Kier alpha value is -1.96. The molecule has 0 aliphatic heterocycles. The van der Waals surface area contributed by atoms with Crippen molar-refractivity contribution < 1.29 is 39.6 Å². The third-order valence-electron chi connectivity index (χ3n) is 7.65. The van der Waals surface area contributed by atoms with Crippen molar-refractivity contribution in [3.05, 3.63) is 0 Å². The molecule has 8 nitrogen and oxygen atoms in total. The molecule has 0 radical (unpaired) electrons. The molecular weight excluding hydrogens is 488 g/mol. The summed E-state index contributed by atoms with van der Waals surface area (Å²) in [5.74, 6) is -5.57. The molecule has 2 atom stereocenters. The van der Waals surface area contributed by atoms with Gasteiger partial charge in [0, 0.05) is 6.42 Å². The van der Waals surface area contributed by atoms with Crippen LogP contribution in [0.1, 0.15) is 149 Å². The van der Waals surface area contributed by atoms with Crippen molar-refractivity contribution in [3.63, 3.8) is 0 Å². The van der Waals surface area contributed by atoms with E-state index in [1.54, 1.807) is 0 Å². The Bertz CT molecular complexity index is 704. The van der Waals surface area contributed by atoms with E-state index in [2.05, 4.69) is 13.8 Å². The van der Waals surface area contributed by atoms with Gasteiger partial charge in [-0.15, -0.1) is 0 Å². The van der Waals surface area contributed by atoms with Gasteiger partial charge in [0.1, 0.15) is 0 Å². The van der Waals surface area contributed by atoms with Crippen molar-refractivity contribution >= 4 is 23.7 Å². The zero-order valence-electron chi connectivity index (χ0n) is 24.1. The highest BCUT2D eigenvalue weighted by Crippen LogP contribution is 2.43. The van der Waals surface area contributed by atoms with Gasteiger partial charge in [-0.05, 0) is 18.8 Å². The number of hydrogen-bond acceptors (Lipinski definition) is 5. The first-order chi connectivity index (χ1) is 18.0. The van der Waals surface area contributed by atoms with Crippen LogP contribution in [-0.4, -0.2) is 49.7 Å². The van der Waals surface area contributed by atoms with Crippen molar-refractivity contribution in [2.45, 2.75) is 155 Å². The zero-order chi connectivity index (χ0) is 29.0. The third-order valence-corrected chi connectivity index (χ3v) is 7.65. The minimum atomic E-state index is -3.22. The Kier molecular flexibility index (Phi) is 19.0. The number of hydrogen-bond donors (Lipinski definition) is 4. The van der Waals surface area contributed by atoms with Crippen LogP contribution in [0.15, 0.2) is 0 Å². The maximum Gasteiger partial charge on any atom is 0.338 e. The largest absolute Gasteiger partial charge is 0.481 e. The topological polar surface area (TPSA) is 149 Å². The summed E-state index contributed by atoms with van der Waals surface area (Å²) in [6.07, 6.45) is 14.2. The number of unbranched alkanes of at least 4 members (excludes halogenated alkanes) is 14. The first-order valence-electron chi connectivity index (χ1n) is 14.9. The third kappa shape index (κ3) is 12.7. The van der Waals surface area contributed by atoms with Crippen LogP contribution in [-0.2, 0) is 19.2 Å². The summed E-state index contributed by atoms with van der Waals surface area (Å²) in [5.41, 5.74) is -5.92. The second-order valence-electron chi connectivity index (χ2n) is 11.4. The van der Waals surface area contributed by atoms with Gasteiger partial charge in [-0.2, -0.15) is 0 Å². The lowest BCUT2D eigenvalue weighted by atomic mass is 9.63. The molecule has 222 valence electrons. The number of ketones is 1. The molecule has 2 unspecified atom stereocenters. The van der Waals surface area contributed by atoms with E-state index in [0.717, 1.165) is 50.9 Å². The van der Waals surface area contributed by atoms with Gasteiger partial charge >= 0.3 is 17.9 Å². The lowest BCUT2D eigenvalue weighted by molar-refractivity contribution is -0.196. The van der Waals surface area contributed by atoms with Gasteiger partial charge in [0.25, 0.3) is 0 Å². The number of rotatable bonds is 26. The summed E-state index contributed by atoms with van der Waals surface area (Å²) in [6.45, 7) is 6.53. The first kappa shape index (κ1) is 36.0. The predicted octanol–water partition coefficient (Wildman–Crippen LogP) is 7.00. The lowest BCUT2D eigenvalue weighted by Crippen LogP contribution is -2.63. The number of carbonyl (C=O) groups is 4. The second kappa shape index (κ2) is 20.0. The SMILES string of the molecule is CCCCCCCC(=O)C(CCCCCCCCCCCCCC(C)C)(C(=O)O)C(O)(CC(=O)O)C(=O)O. The normalized spacial score (nSPS) is 14.7. The van der Waals surface area contributed by atoms with Crippen LogP contribution in [0.3, 0.4) is 0 Å². The minimum absolute atomic E-state index is 0.206. The van der Waals surface area contributed by atoms with Gasteiger partial charge in [0.2, 0.25) is 0 Å². The highest BCUT2D eigenvalue weighted by molar-refractivity contribution is 6.09. The van der Waals surface area contributed by atoms with E-state index in [-0.39, 0.29) is 12.8 Å². The maximum absolute atomic E-state index is 13.2. The molecule has 0 aliphatic carbocycles. The second-order valence-corrected chi connectivity index (χ2v) is 11.4. The summed E-state index contributed by atoms with van der Waals surface area (Å²) in [4.78, 5) is 49.2. The Morgan fingerprint density at radius 2 is 1.08 bits per heavy atom. The summed E-state index contributed by atoms with van der Waals surface area (Å²) < 4.78 is 0. The van der Waals surface area contributed by atoms with Gasteiger partial charge in [-0.25, -0.2) is 4.79 Å². The molecule has 0 aromatic rings. The van der Waals surface area contributed by atoms with Gasteiger partial charge < -0.3 is 20.4 Å². The number of aliphatic hydroxyl groups is 1. The summed E-state index contributed by atoms with van der Waals surface area (Å²) in [5, 5.41) is 40.1. The van der Waals surface area contributed by atoms with Crippen molar-refractivity contribution in [2.75, 3.05) is 0 Å². The van der Waals surface area contributed by atoms with Crippen LogP contribution in [0.4, 0.5) is 0 Å². The molecule has 0 saturated carbocycles. The number of carbonyl (C=O) groups excluding carboxylic acids is 1. The molecule has 0 rings (SSSR count). The van der Waals surface area contributed by atoms with E-state index in [1.807, 2.05) is 6.92 Å². The molecule has 38 heavy (non-hydrogen) atoms. The lowest BCUT2D eigenvalue weighted by Gasteiger charge is -2.39. The molecule has 4 N–H and O–H groups in total. The van der Waals surface area contributed by atoms with Crippen LogP contribution >= 0.6 is 0 Å². The Balaban J connectivity index is 4.97. The molecule has 0 aromatic carbocycles. The van der Waals surface area contributed by atoms with Crippen molar-refractivity contribution in [1.29, 1.82) is 0 Å². The first-order valence-corrected chi connectivity index (χ1v) is 14.9. The van der Waals surface area contributed by atoms with Crippen LogP contribution in [0.25, 0.3) is 0 Å². The van der Waals surface area contributed by atoms with Crippen LogP contribution in [0, 0.1) is 11.3 Å². The van der Waals surface area contributed by atoms with E-state index in [0.29, 0.717) is 19.3 Å². The highest BCUT2D eigenvalue weighted by atomic mass is 16.4. The van der Waals surface area contributed by atoms with Gasteiger partial charge in [0.05, 0.1) is 6.42 Å². The monoisotopic (exact) mass is 542 g/mol. The molecule has 0 amide bonds. The van der Waals surface area contributed by atoms with E-state index in [9.17, 15) is 39.6 Å².